The molecule has 16 heteroatoms. The Labute approximate surface area is 418 Å². The van der Waals surface area contributed by atoms with Crippen molar-refractivity contribution in [2.75, 3.05) is 26.4 Å². The van der Waals surface area contributed by atoms with Crippen molar-refractivity contribution < 1.29 is 38.5 Å². The van der Waals surface area contributed by atoms with Gasteiger partial charge in [0.2, 0.25) is 17.7 Å². The smallest absolute Gasteiger partial charge is 0.251 e. The molecule has 2 aliphatic rings. The Morgan fingerprint density at radius 2 is 1.54 bits per heavy atom. The fourth-order valence-corrected chi connectivity index (χ4v) is 10.8. The zero-order valence-electron chi connectivity index (χ0n) is 40.8. The number of carbonyl (C=O) groups excluding carboxylic acids is 4. The van der Waals surface area contributed by atoms with Crippen LogP contribution in [0.2, 0.25) is 5.02 Å². The van der Waals surface area contributed by atoms with E-state index in [1.807, 2.05) is 93.9 Å². The number of ether oxygens (including phenoxy) is 3. The highest BCUT2D eigenvalue weighted by molar-refractivity contribution is 7.13. The lowest BCUT2D eigenvalue weighted by atomic mass is 9.49. The summed E-state index contributed by atoms with van der Waals surface area (Å²) in [5, 5.41) is 29.1. The minimum Gasteiger partial charge on any atom is -0.491 e. The summed E-state index contributed by atoms with van der Waals surface area (Å²) in [7, 11) is 0. The van der Waals surface area contributed by atoms with Crippen LogP contribution >= 0.6 is 22.9 Å². The van der Waals surface area contributed by atoms with E-state index in [-0.39, 0.29) is 63.3 Å². The number of β-amino-alcohol motifs (C(OH)–C–C–N with tert-alkyl or cyclic N) is 1. The molecule has 1 saturated carbocycles. The number of likely N-dealkylation sites (tertiary alicyclic amines) is 1. The second kappa shape index (κ2) is 21.4. The minimum absolute atomic E-state index is 0.0285. The quantitative estimate of drug-likeness (QED) is 0.0662. The van der Waals surface area contributed by atoms with Gasteiger partial charge in [-0.05, 0) is 71.0 Å². The van der Waals surface area contributed by atoms with Gasteiger partial charge in [-0.2, -0.15) is 5.26 Å². The second-order valence-corrected chi connectivity index (χ2v) is 21.5. The molecule has 0 radical (unpaired) electrons. The third-order valence-corrected chi connectivity index (χ3v) is 14.5. The normalized spacial score (nSPS) is 19.5. The summed E-state index contributed by atoms with van der Waals surface area (Å²) < 4.78 is 17.9. The first kappa shape index (κ1) is 51.5. The molecule has 5 aromatic rings. The molecule has 1 aliphatic carbocycles. The van der Waals surface area contributed by atoms with Crippen LogP contribution in [-0.2, 0) is 25.7 Å². The summed E-state index contributed by atoms with van der Waals surface area (Å²) in [5.74, 6) is -0.343. The molecule has 14 nitrogen and oxygen atoms in total. The number of aryl methyl sites for hydroxylation is 1. The van der Waals surface area contributed by atoms with Crippen LogP contribution in [0.3, 0.4) is 0 Å². The summed E-state index contributed by atoms with van der Waals surface area (Å²) >= 11 is 7.82. The van der Waals surface area contributed by atoms with Crippen LogP contribution in [0.15, 0.2) is 96.5 Å². The minimum atomic E-state index is -0.986. The van der Waals surface area contributed by atoms with E-state index in [1.165, 1.54) is 4.90 Å². The molecular formula is C54H61ClN6O8S. The highest BCUT2D eigenvalue weighted by Gasteiger charge is 2.64. The molecule has 7 rings (SSSR count). The molecule has 2 fully saturated rings. The van der Waals surface area contributed by atoms with Gasteiger partial charge in [0.25, 0.3) is 5.91 Å². The summed E-state index contributed by atoms with van der Waals surface area (Å²) in [6.07, 6.45) is -1.02. The van der Waals surface area contributed by atoms with E-state index >= 15 is 0 Å². The molecule has 0 spiro atoms. The summed E-state index contributed by atoms with van der Waals surface area (Å²) in [5.41, 5.74) is 5.95. The third-order valence-electron chi connectivity index (χ3n) is 13.2. The second-order valence-electron chi connectivity index (χ2n) is 20.2. The van der Waals surface area contributed by atoms with Crippen LogP contribution in [0.5, 0.6) is 11.5 Å². The Kier molecular flexibility index (Phi) is 15.7. The summed E-state index contributed by atoms with van der Waals surface area (Å²) in [6, 6.07) is 27.8. The molecule has 3 atom stereocenters. The molecule has 368 valence electrons. The Bertz CT molecular complexity index is 2710. The molecule has 1 aromatic heterocycles. The summed E-state index contributed by atoms with van der Waals surface area (Å²) in [6.45, 7) is 15.9. The number of nitriles is 1. The van der Waals surface area contributed by atoms with E-state index in [2.05, 4.69) is 54.7 Å². The number of amides is 4. The fourth-order valence-electron chi connectivity index (χ4n) is 9.73. The molecule has 0 bridgehead atoms. The standard InChI is InChI=1S/C54H61ClN6O8S/c1-32-45(70-31-58-32)36-11-9-33(10-12-36)28-57-48(65)43-25-39(62)29-61(43)49(66)46(52(2,3)4)59-44(63)30-67-23-24-68-40-20-17-35(18-21-40)34-13-15-37(16-14-34)47(64)60-50-53(5,6)51(54(50,7)8)69-41-22-19-38(27-56)42(55)26-41/h9-22,26,31,39,43,46,50-51,62H,23-25,28-30H2,1-8H3,(H,57,65)(H,59,63)(H,60,64)/t39-,43+,46?,50-,51-/m1/s1. The van der Waals surface area contributed by atoms with Gasteiger partial charge in [0.1, 0.15) is 49.0 Å². The fraction of sp³-hybridized carbons (Fsp3) is 0.407. The lowest BCUT2D eigenvalue weighted by Crippen LogP contribution is -2.74. The average Bonchev–Trinajstić information content (AvgIpc) is 3.95. The van der Waals surface area contributed by atoms with Gasteiger partial charge in [-0.3, -0.25) is 19.2 Å². The van der Waals surface area contributed by atoms with Crippen LogP contribution in [0.4, 0.5) is 0 Å². The highest BCUT2D eigenvalue weighted by Crippen LogP contribution is 2.55. The van der Waals surface area contributed by atoms with Crippen LogP contribution < -0.4 is 25.4 Å². The van der Waals surface area contributed by atoms with Gasteiger partial charge in [-0.15, -0.1) is 11.3 Å². The van der Waals surface area contributed by atoms with Crippen molar-refractivity contribution >= 4 is 46.6 Å². The van der Waals surface area contributed by atoms with Crippen molar-refractivity contribution in [3.63, 3.8) is 0 Å². The topological polar surface area (TPSA) is 192 Å². The monoisotopic (exact) mass is 988 g/mol. The molecule has 2 heterocycles. The van der Waals surface area contributed by atoms with Crippen molar-refractivity contribution in [2.24, 2.45) is 16.2 Å². The third kappa shape index (κ3) is 11.6. The van der Waals surface area contributed by atoms with E-state index in [4.69, 9.17) is 25.8 Å². The first-order chi connectivity index (χ1) is 33.2. The molecular weight excluding hydrogens is 928 g/mol. The first-order valence-corrected chi connectivity index (χ1v) is 24.6. The van der Waals surface area contributed by atoms with E-state index in [9.17, 15) is 29.5 Å². The Hall–Kier alpha value is -6.31. The zero-order valence-corrected chi connectivity index (χ0v) is 42.4. The number of halogens is 1. The number of hydrogen-bond acceptors (Lipinski definition) is 11. The van der Waals surface area contributed by atoms with Crippen LogP contribution in [0.25, 0.3) is 21.6 Å². The van der Waals surface area contributed by atoms with Gasteiger partial charge < -0.3 is 40.2 Å². The lowest BCUT2D eigenvalue weighted by molar-refractivity contribution is -0.164. The molecule has 4 aromatic carbocycles. The Morgan fingerprint density at radius 3 is 2.14 bits per heavy atom. The zero-order chi connectivity index (χ0) is 50.5. The van der Waals surface area contributed by atoms with Gasteiger partial charge >= 0.3 is 0 Å². The van der Waals surface area contributed by atoms with Gasteiger partial charge in [-0.25, -0.2) is 4.98 Å². The predicted molar refractivity (Wildman–Crippen MR) is 269 cm³/mol. The van der Waals surface area contributed by atoms with Gasteiger partial charge in [0, 0.05) is 48.0 Å². The summed E-state index contributed by atoms with van der Waals surface area (Å²) in [4.78, 5) is 60.9. The molecule has 1 unspecified atom stereocenters. The number of rotatable bonds is 17. The number of aliphatic hydroxyl groups excluding tert-OH is 1. The molecule has 70 heavy (non-hydrogen) atoms. The van der Waals surface area contributed by atoms with E-state index in [1.54, 1.807) is 41.7 Å². The number of aliphatic hydroxyl groups is 1. The maximum Gasteiger partial charge on any atom is 0.251 e. The molecule has 1 aliphatic heterocycles. The average molecular weight is 990 g/mol. The van der Waals surface area contributed by atoms with Crippen LogP contribution in [0, 0.1) is 34.5 Å². The number of nitrogens with zero attached hydrogens (tertiary/aromatic N) is 3. The maximum atomic E-state index is 14.0. The van der Waals surface area contributed by atoms with Crippen molar-refractivity contribution in [3.05, 3.63) is 124 Å². The van der Waals surface area contributed by atoms with Gasteiger partial charge in [0.05, 0.1) is 39.4 Å². The highest BCUT2D eigenvalue weighted by atomic mass is 35.5. The van der Waals surface area contributed by atoms with Gasteiger partial charge in [0.15, 0.2) is 0 Å². The Morgan fingerprint density at radius 1 is 0.914 bits per heavy atom. The van der Waals surface area contributed by atoms with Crippen molar-refractivity contribution in [1.29, 1.82) is 5.26 Å². The number of thiazole rings is 1. The number of nitrogens with one attached hydrogen (secondary N) is 3. The molecule has 1 saturated heterocycles. The van der Waals surface area contributed by atoms with E-state index in [0.717, 1.165) is 32.8 Å². The van der Waals surface area contributed by atoms with E-state index < -0.39 is 46.2 Å². The van der Waals surface area contributed by atoms with Gasteiger partial charge in [-0.1, -0.05) is 109 Å². The van der Waals surface area contributed by atoms with Crippen LogP contribution in [-0.4, -0.2) is 95.3 Å². The van der Waals surface area contributed by atoms with Crippen molar-refractivity contribution in [1.82, 2.24) is 25.8 Å². The van der Waals surface area contributed by atoms with E-state index in [0.29, 0.717) is 27.6 Å². The largest absolute Gasteiger partial charge is 0.491 e. The van der Waals surface area contributed by atoms with Crippen molar-refractivity contribution in [3.8, 4) is 39.1 Å². The lowest BCUT2D eigenvalue weighted by Gasteiger charge is -2.63. The number of carbonyl (C=O) groups is 4. The van der Waals surface area contributed by atoms with Crippen LogP contribution in [0.1, 0.15) is 82.1 Å². The number of hydrogen-bond donors (Lipinski definition) is 4. The molecule has 4 amide bonds. The Balaban J connectivity index is 0.839. The maximum absolute atomic E-state index is 14.0. The number of aromatic nitrogens is 1. The SMILES string of the molecule is Cc1ncsc1-c1ccc(CNC(=O)[C@@H]2C[C@@H](O)CN2C(=O)C(NC(=O)COCCOc2ccc(-c3ccc(C(=O)N[C@H]4C(C)(C)[C@H](Oc5ccc(C#N)c(Cl)c5)C4(C)C)cc3)cc2)C(C)(C)C)cc1. The molecule has 4 N–H and O–H groups in total. The predicted octanol–water partition coefficient (Wildman–Crippen LogP) is 8.13. The van der Waals surface area contributed by atoms with Crippen molar-refractivity contribution in [2.45, 2.75) is 98.7 Å². The first-order valence-electron chi connectivity index (χ1n) is 23.3. The number of benzene rings is 4.